The Morgan fingerprint density at radius 3 is 2.37 bits per heavy atom. The molecule has 1 saturated heterocycles. The van der Waals surface area contributed by atoms with Crippen LogP contribution in [0.1, 0.15) is 30.4 Å². The van der Waals surface area contributed by atoms with Crippen molar-refractivity contribution in [2.75, 3.05) is 31.8 Å². The minimum Gasteiger partial charge on any atom is -0.481 e. The first kappa shape index (κ1) is 25.1. The largest absolute Gasteiger partial charge is 0.481 e. The number of benzene rings is 2. The second kappa shape index (κ2) is 10.7. The molecule has 8 nitrogen and oxygen atoms in total. The quantitative estimate of drug-likeness (QED) is 0.486. The van der Waals surface area contributed by atoms with E-state index in [-0.39, 0.29) is 25.7 Å². The average Bonchev–Trinajstić information content (AvgIpc) is 3.39. The minimum absolute atomic E-state index is 0.0164. The van der Waals surface area contributed by atoms with Gasteiger partial charge in [0.25, 0.3) is 0 Å². The van der Waals surface area contributed by atoms with Gasteiger partial charge in [-0.3, -0.25) is 9.59 Å². The Balaban J connectivity index is 1.40. The summed E-state index contributed by atoms with van der Waals surface area (Å²) >= 11 is 1.55. The number of nitrogens with one attached hydrogen (secondary N) is 2. The first-order chi connectivity index (χ1) is 16.8. The van der Waals surface area contributed by atoms with Crippen molar-refractivity contribution in [3.63, 3.8) is 0 Å². The highest BCUT2D eigenvalue weighted by Crippen LogP contribution is 2.44. The van der Waals surface area contributed by atoms with Crippen molar-refractivity contribution in [1.82, 2.24) is 10.6 Å². The number of alkyl carbamates (subject to hydrolysis) is 1. The highest BCUT2D eigenvalue weighted by atomic mass is 32.2. The molecule has 0 saturated carbocycles. The van der Waals surface area contributed by atoms with Gasteiger partial charge in [0.1, 0.15) is 18.1 Å². The van der Waals surface area contributed by atoms with Gasteiger partial charge in [-0.05, 0) is 47.6 Å². The second-order valence-corrected chi connectivity index (χ2v) is 10.1. The van der Waals surface area contributed by atoms with Crippen LogP contribution in [0.5, 0.6) is 0 Å². The topological polar surface area (TPSA) is 114 Å². The number of carbonyl (C=O) groups is 3. The zero-order valence-electron chi connectivity index (χ0n) is 19.8. The number of ether oxygens (including phenoxy) is 2. The molecule has 0 aromatic heterocycles. The van der Waals surface area contributed by atoms with Gasteiger partial charge in [-0.1, -0.05) is 48.5 Å². The molecule has 1 fully saturated rings. The predicted octanol–water partition coefficient (Wildman–Crippen LogP) is 3.25. The van der Waals surface area contributed by atoms with Gasteiger partial charge in [-0.2, -0.15) is 11.8 Å². The van der Waals surface area contributed by atoms with Gasteiger partial charge in [0.2, 0.25) is 5.91 Å². The van der Waals surface area contributed by atoms with Crippen LogP contribution >= 0.6 is 11.8 Å². The van der Waals surface area contributed by atoms with Gasteiger partial charge in [0.15, 0.2) is 0 Å². The molecule has 2 unspecified atom stereocenters. The van der Waals surface area contributed by atoms with E-state index in [1.54, 1.807) is 18.7 Å². The zero-order chi connectivity index (χ0) is 25.0. The van der Waals surface area contributed by atoms with Gasteiger partial charge in [-0.25, -0.2) is 4.79 Å². The van der Waals surface area contributed by atoms with Crippen molar-refractivity contribution in [2.45, 2.75) is 31.3 Å². The molecule has 2 aromatic carbocycles. The van der Waals surface area contributed by atoms with Crippen molar-refractivity contribution < 1.29 is 29.0 Å². The van der Waals surface area contributed by atoms with Crippen LogP contribution in [0.3, 0.4) is 0 Å². The summed E-state index contributed by atoms with van der Waals surface area (Å²) in [5, 5.41) is 15.0. The fraction of sp³-hybridized carbons (Fsp3) is 0.423. The fourth-order valence-corrected chi connectivity index (χ4v) is 5.12. The number of aliphatic carboxylic acids is 1. The third-order valence-corrected chi connectivity index (χ3v) is 7.47. The van der Waals surface area contributed by atoms with Crippen LogP contribution in [0.2, 0.25) is 0 Å². The molecule has 0 radical (unpaired) electrons. The molecule has 3 atom stereocenters. The molecular weight excluding hydrogens is 468 g/mol. The number of rotatable bonds is 9. The normalized spacial score (nSPS) is 21.6. The molecule has 3 N–H and O–H groups in total. The van der Waals surface area contributed by atoms with Crippen LogP contribution in [-0.2, 0) is 19.1 Å². The first-order valence-corrected chi connectivity index (χ1v) is 13.0. The van der Waals surface area contributed by atoms with Crippen LogP contribution < -0.4 is 10.6 Å². The first-order valence-electron chi connectivity index (χ1n) is 11.6. The molecular formula is C26H30N2O6S. The monoisotopic (exact) mass is 498 g/mol. The number of thioether (sulfide) groups is 1. The summed E-state index contributed by atoms with van der Waals surface area (Å²) in [5.41, 5.74) is 3.26. The van der Waals surface area contributed by atoms with Gasteiger partial charge in [0, 0.05) is 5.92 Å². The molecule has 2 aliphatic rings. The van der Waals surface area contributed by atoms with Crippen LogP contribution in [-0.4, -0.2) is 67.0 Å². The summed E-state index contributed by atoms with van der Waals surface area (Å²) in [6.45, 7) is 1.81. The predicted molar refractivity (Wildman–Crippen MR) is 133 cm³/mol. The van der Waals surface area contributed by atoms with Gasteiger partial charge >= 0.3 is 12.1 Å². The second-order valence-electron chi connectivity index (χ2n) is 9.10. The summed E-state index contributed by atoms with van der Waals surface area (Å²) in [6, 6.07) is 14.6. The summed E-state index contributed by atoms with van der Waals surface area (Å²) in [4.78, 5) is 37.4. The van der Waals surface area contributed by atoms with E-state index in [4.69, 9.17) is 9.47 Å². The number of fused-ring (bicyclic) bond motifs is 3. The molecule has 0 bridgehead atoms. The van der Waals surface area contributed by atoms with Crippen molar-refractivity contribution in [3.8, 4) is 11.1 Å². The minimum atomic E-state index is -1.22. The molecule has 1 aliphatic heterocycles. The number of carboxylic acids is 1. The smallest absolute Gasteiger partial charge is 0.407 e. The molecule has 0 spiro atoms. The Kier molecular flexibility index (Phi) is 7.66. The Morgan fingerprint density at radius 2 is 1.77 bits per heavy atom. The average molecular weight is 499 g/mol. The number of carboxylic acid groups (broad SMARTS) is 1. The van der Waals surface area contributed by atoms with Crippen LogP contribution in [0.4, 0.5) is 4.79 Å². The Morgan fingerprint density at radius 1 is 1.14 bits per heavy atom. The molecule has 4 rings (SSSR count). The maximum atomic E-state index is 13.0. The Bertz CT molecular complexity index is 1060. The van der Waals surface area contributed by atoms with E-state index >= 15 is 0 Å². The number of hydrogen-bond acceptors (Lipinski definition) is 6. The van der Waals surface area contributed by atoms with Crippen molar-refractivity contribution >= 4 is 29.7 Å². The van der Waals surface area contributed by atoms with Gasteiger partial charge in [0.05, 0.1) is 19.3 Å². The highest BCUT2D eigenvalue weighted by molar-refractivity contribution is 7.98. The Labute approximate surface area is 208 Å². The molecule has 186 valence electrons. The van der Waals surface area contributed by atoms with Crippen molar-refractivity contribution in [1.29, 1.82) is 0 Å². The lowest BCUT2D eigenvalue weighted by Gasteiger charge is -2.27. The summed E-state index contributed by atoms with van der Waals surface area (Å²) in [5.74, 6) is -0.932. The summed E-state index contributed by atoms with van der Waals surface area (Å²) < 4.78 is 10.9. The van der Waals surface area contributed by atoms with Crippen molar-refractivity contribution in [2.24, 2.45) is 5.41 Å². The van der Waals surface area contributed by atoms with Gasteiger partial charge in [-0.15, -0.1) is 0 Å². The molecule has 1 aliphatic carbocycles. The molecule has 9 heteroatoms. The van der Waals surface area contributed by atoms with E-state index in [0.29, 0.717) is 12.2 Å². The van der Waals surface area contributed by atoms with Crippen molar-refractivity contribution in [3.05, 3.63) is 59.7 Å². The zero-order valence-corrected chi connectivity index (χ0v) is 20.6. The van der Waals surface area contributed by atoms with Crippen LogP contribution in [0.15, 0.2) is 48.5 Å². The van der Waals surface area contributed by atoms with Crippen LogP contribution in [0, 0.1) is 5.41 Å². The number of carbonyl (C=O) groups excluding carboxylic acids is 2. The molecule has 2 amide bonds. The SMILES string of the molecule is CSCC[C@H](NC(=O)OCC1c2ccccc2-c2ccccc21)C(=O)NC1COCC1(C)C(=O)O. The van der Waals surface area contributed by atoms with Crippen LogP contribution in [0.25, 0.3) is 11.1 Å². The maximum absolute atomic E-state index is 13.0. The van der Waals surface area contributed by atoms with E-state index < -0.39 is 35.5 Å². The standard InChI is InChI=1S/C26H30N2O6S/c1-26(24(30)31)15-33-14-22(26)28-23(29)21(11-12-35-2)27-25(32)34-13-20-18-9-5-3-7-16(18)17-8-4-6-10-19(17)20/h3-10,20-22H,11-15H2,1-2H3,(H,27,32)(H,28,29)(H,30,31)/t21-,22?,26?/m0/s1. The number of hydrogen-bond donors (Lipinski definition) is 3. The molecule has 2 aromatic rings. The van der Waals surface area contributed by atoms with E-state index in [1.165, 1.54) is 0 Å². The van der Waals surface area contributed by atoms with E-state index in [2.05, 4.69) is 22.8 Å². The third-order valence-electron chi connectivity index (χ3n) is 6.82. The van der Waals surface area contributed by atoms with E-state index in [0.717, 1.165) is 22.3 Å². The molecule has 35 heavy (non-hydrogen) atoms. The fourth-order valence-electron chi connectivity index (χ4n) is 4.64. The summed E-state index contributed by atoms with van der Waals surface area (Å²) in [6.07, 6.45) is 1.61. The number of amides is 2. The summed E-state index contributed by atoms with van der Waals surface area (Å²) in [7, 11) is 0. The lowest BCUT2D eigenvalue weighted by Crippen LogP contribution is -2.55. The van der Waals surface area contributed by atoms with E-state index in [9.17, 15) is 19.5 Å². The Hall–Kier alpha value is -3.04. The third kappa shape index (κ3) is 5.16. The highest BCUT2D eigenvalue weighted by Gasteiger charge is 2.47. The lowest BCUT2D eigenvalue weighted by molar-refractivity contribution is -0.149. The maximum Gasteiger partial charge on any atom is 0.407 e. The lowest BCUT2D eigenvalue weighted by atomic mass is 9.85. The van der Waals surface area contributed by atoms with Gasteiger partial charge < -0.3 is 25.2 Å². The molecule has 1 heterocycles. The van der Waals surface area contributed by atoms with E-state index in [1.807, 2.05) is 42.7 Å².